The Morgan fingerprint density at radius 2 is 2.06 bits per heavy atom. The molecular weight excluding hydrogens is 230 g/mol. The number of thiophene rings is 1. The Labute approximate surface area is 106 Å². The van der Waals surface area contributed by atoms with E-state index in [1.54, 1.807) is 18.4 Å². The van der Waals surface area contributed by atoms with Gasteiger partial charge in [-0.25, -0.2) is 0 Å². The van der Waals surface area contributed by atoms with Gasteiger partial charge in [0.15, 0.2) is 0 Å². The Morgan fingerprint density at radius 1 is 1.24 bits per heavy atom. The fourth-order valence-corrected chi connectivity index (χ4v) is 2.75. The summed E-state index contributed by atoms with van der Waals surface area (Å²) in [6, 6.07) is 12.6. The Morgan fingerprint density at radius 3 is 2.71 bits per heavy atom. The highest BCUT2D eigenvalue weighted by Gasteiger charge is 2.17. The normalized spacial score (nSPS) is 12.4. The predicted molar refractivity (Wildman–Crippen MR) is 72.8 cm³/mol. The smallest absolute Gasteiger partial charge is 0.124 e. The van der Waals surface area contributed by atoms with Crippen LogP contribution in [0.15, 0.2) is 41.8 Å². The third-order valence-electron chi connectivity index (χ3n) is 2.69. The largest absolute Gasteiger partial charge is 0.496 e. The molecule has 1 unspecified atom stereocenters. The Hall–Kier alpha value is -1.32. The van der Waals surface area contributed by atoms with E-state index in [9.17, 15) is 0 Å². The van der Waals surface area contributed by atoms with E-state index in [1.807, 2.05) is 12.1 Å². The SMILES string of the molecule is CCNC(c1cccs1)c1ccccc1OC. The maximum Gasteiger partial charge on any atom is 0.124 e. The van der Waals surface area contributed by atoms with E-state index in [1.165, 1.54) is 10.4 Å². The van der Waals surface area contributed by atoms with Crippen molar-refractivity contribution in [3.05, 3.63) is 52.2 Å². The number of methoxy groups -OCH3 is 1. The van der Waals surface area contributed by atoms with Crippen molar-refractivity contribution in [2.75, 3.05) is 13.7 Å². The van der Waals surface area contributed by atoms with Crippen LogP contribution in [-0.2, 0) is 0 Å². The fourth-order valence-electron chi connectivity index (χ4n) is 1.93. The molecule has 1 aromatic heterocycles. The molecule has 3 heteroatoms. The summed E-state index contributed by atoms with van der Waals surface area (Å²) in [7, 11) is 1.72. The summed E-state index contributed by atoms with van der Waals surface area (Å²) in [6.07, 6.45) is 0. The monoisotopic (exact) mass is 247 g/mol. The molecule has 0 fully saturated rings. The highest BCUT2D eigenvalue weighted by Crippen LogP contribution is 2.31. The van der Waals surface area contributed by atoms with E-state index in [4.69, 9.17) is 4.74 Å². The van der Waals surface area contributed by atoms with Crippen LogP contribution >= 0.6 is 11.3 Å². The lowest BCUT2D eigenvalue weighted by Gasteiger charge is -2.19. The van der Waals surface area contributed by atoms with E-state index < -0.39 is 0 Å². The van der Waals surface area contributed by atoms with E-state index in [0.29, 0.717) is 0 Å². The Kier molecular flexibility index (Phi) is 4.18. The summed E-state index contributed by atoms with van der Waals surface area (Å²) >= 11 is 1.77. The molecule has 0 aliphatic carbocycles. The number of ether oxygens (including phenoxy) is 1. The molecular formula is C14H17NOS. The van der Waals surface area contributed by atoms with Gasteiger partial charge in [0.25, 0.3) is 0 Å². The van der Waals surface area contributed by atoms with Crippen molar-refractivity contribution in [2.45, 2.75) is 13.0 Å². The van der Waals surface area contributed by atoms with Crippen LogP contribution < -0.4 is 10.1 Å². The first kappa shape index (κ1) is 12.1. The predicted octanol–water partition coefficient (Wildman–Crippen LogP) is 3.46. The zero-order valence-electron chi connectivity index (χ0n) is 10.1. The lowest BCUT2D eigenvalue weighted by Crippen LogP contribution is -2.21. The average Bonchev–Trinajstić information content (AvgIpc) is 2.89. The molecule has 1 heterocycles. The standard InChI is InChI=1S/C14H17NOS/c1-3-15-14(13-9-6-10-17-13)11-7-4-5-8-12(11)16-2/h4-10,14-15H,3H2,1-2H3. The minimum atomic E-state index is 0.219. The molecule has 1 atom stereocenters. The number of hydrogen-bond acceptors (Lipinski definition) is 3. The van der Waals surface area contributed by atoms with Crippen LogP contribution in [-0.4, -0.2) is 13.7 Å². The number of para-hydroxylation sites is 1. The van der Waals surface area contributed by atoms with Gasteiger partial charge in [0.05, 0.1) is 13.2 Å². The van der Waals surface area contributed by atoms with Gasteiger partial charge in [0.1, 0.15) is 5.75 Å². The van der Waals surface area contributed by atoms with E-state index in [0.717, 1.165) is 12.3 Å². The van der Waals surface area contributed by atoms with Gasteiger partial charge in [-0.05, 0) is 24.1 Å². The van der Waals surface area contributed by atoms with Gasteiger partial charge < -0.3 is 10.1 Å². The van der Waals surface area contributed by atoms with Gasteiger partial charge in [-0.1, -0.05) is 31.2 Å². The van der Waals surface area contributed by atoms with Crippen molar-refractivity contribution in [3.8, 4) is 5.75 Å². The third kappa shape index (κ3) is 2.68. The zero-order valence-corrected chi connectivity index (χ0v) is 11.0. The van der Waals surface area contributed by atoms with E-state index >= 15 is 0 Å². The zero-order chi connectivity index (χ0) is 12.1. The highest BCUT2D eigenvalue weighted by molar-refractivity contribution is 7.10. The first-order valence-electron chi connectivity index (χ1n) is 5.76. The first-order chi connectivity index (χ1) is 8.36. The minimum absolute atomic E-state index is 0.219. The molecule has 0 radical (unpaired) electrons. The average molecular weight is 247 g/mol. The summed E-state index contributed by atoms with van der Waals surface area (Å²) in [4.78, 5) is 1.32. The molecule has 2 rings (SSSR count). The van der Waals surface area contributed by atoms with Gasteiger partial charge in [-0.2, -0.15) is 0 Å². The molecule has 90 valence electrons. The maximum atomic E-state index is 5.44. The van der Waals surface area contributed by atoms with Crippen LogP contribution in [0, 0.1) is 0 Å². The van der Waals surface area contributed by atoms with Crippen molar-refractivity contribution >= 4 is 11.3 Å². The number of rotatable bonds is 5. The van der Waals surface area contributed by atoms with Gasteiger partial charge in [0.2, 0.25) is 0 Å². The second kappa shape index (κ2) is 5.84. The lowest BCUT2D eigenvalue weighted by atomic mass is 10.0. The van der Waals surface area contributed by atoms with Crippen LogP contribution in [0.4, 0.5) is 0 Å². The van der Waals surface area contributed by atoms with Crippen molar-refractivity contribution < 1.29 is 4.74 Å². The molecule has 2 aromatic rings. The van der Waals surface area contributed by atoms with Crippen LogP contribution in [0.2, 0.25) is 0 Å². The van der Waals surface area contributed by atoms with Gasteiger partial charge in [0, 0.05) is 10.4 Å². The fraction of sp³-hybridized carbons (Fsp3) is 0.286. The Balaban J connectivity index is 2.39. The molecule has 0 aliphatic rings. The maximum absolute atomic E-state index is 5.44. The summed E-state index contributed by atoms with van der Waals surface area (Å²) in [6.45, 7) is 3.05. The molecule has 0 spiro atoms. The second-order valence-corrected chi connectivity index (χ2v) is 4.73. The van der Waals surface area contributed by atoms with Crippen molar-refractivity contribution in [1.82, 2.24) is 5.32 Å². The Bertz CT molecular complexity index is 453. The van der Waals surface area contributed by atoms with Gasteiger partial charge in [-0.3, -0.25) is 0 Å². The molecule has 2 nitrogen and oxygen atoms in total. The summed E-state index contributed by atoms with van der Waals surface area (Å²) in [5.41, 5.74) is 1.19. The van der Waals surface area contributed by atoms with Gasteiger partial charge >= 0.3 is 0 Å². The third-order valence-corrected chi connectivity index (χ3v) is 3.62. The number of nitrogens with one attached hydrogen (secondary N) is 1. The van der Waals surface area contributed by atoms with Crippen LogP contribution in [0.25, 0.3) is 0 Å². The van der Waals surface area contributed by atoms with Crippen LogP contribution in [0.3, 0.4) is 0 Å². The van der Waals surface area contributed by atoms with Gasteiger partial charge in [-0.15, -0.1) is 11.3 Å². The van der Waals surface area contributed by atoms with E-state index in [2.05, 4.69) is 41.9 Å². The topological polar surface area (TPSA) is 21.3 Å². The highest BCUT2D eigenvalue weighted by atomic mass is 32.1. The molecule has 0 bridgehead atoms. The first-order valence-corrected chi connectivity index (χ1v) is 6.64. The van der Waals surface area contributed by atoms with Crippen molar-refractivity contribution in [2.24, 2.45) is 0 Å². The second-order valence-electron chi connectivity index (χ2n) is 3.75. The number of hydrogen-bond donors (Lipinski definition) is 1. The van der Waals surface area contributed by atoms with Crippen LogP contribution in [0.1, 0.15) is 23.4 Å². The molecule has 0 aliphatic heterocycles. The molecule has 0 saturated heterocycles. The number of benzene rings is 1. The van der Waals surface area contributed by atoms with Crippen molar-refractivity contribution in [3.63, 3.8) is 0 Å². The molecule has 0 amide bonds. The minimum Gasteiger partial charge on any atom is -0.496 e. The summed E-state index contributed by atoms with van der Waals surface area (Å²) in [5.74, 6) is 0.937. The molecule has 0 saturated carbocycles. The molecule has 17 heavy (non-hydrogen) atoms. The molecule has 1 aromatic carbocycles. The van der Waals surface area contributed by atoms with Crippen LogP contribution in [0.5, 0.6) is 5.75 Å². The lowest BCUT2D eigenvalue weighted by molar-refractivity contribution is 0.404. The summed E-state index contributed by atoms with van der Waals surface area (Å²) < 4.78 is 5.44. The van der Waals surface area contributed by atoms with E-state index in [-0.39, 0.29) is 6.04 Å². The summed E-state index contributed by atoms with van der Waals surface area (Å²) in [5, 5.41) is 5.61. The van der Waals surface area contributed by atoms with Crippen molar-refractivity contribution in [1.29, 1.82) is 0 Å². The molecule has 1 N–H and O–H groups in total. The quantitative estimate of drug-likeness (QED) is 0.873.